The first kappa shape index (κ1) is 16.2. The van der Waals surface area contributed by atoms with Crippen molar-refractivity contribution in [2.24, 2.45) is 0 Å². The van der Waals surface area contributed by atoms with Crippen molar-refractivity contribution >= 4 is 63.2 Å². The molecule has 0 spiro atoms. The molecule has 2 rings (SSSR count). The van der Waals surface area contributed by atoms with Crippen LogP contribution in [0, 0.1) is 0 Å². The van der Waals surface area contributed by atoms with E-state index in [2.05, 4.69) is 5.32 Å². The van der Waals surface area contributed by atoms with Crippen LogP contribution >= 0.6 is 46.3 Å². The van der Waals surface area contributed by atoms with E-state index in [1.807, 2.05) is 0 Å². The second-order valence-electron chi connectivity index (χ2n) is 3.88. The quantitative estimate of drug-likeness (QED) is 0.770. The second-order valence-corrected chi connectivity index (χ2v) is 6.66. The van der Waals surface area contributed by atoms with E-state index in [1.54, 1.807) is 23.6 Å². The number of halogens is 2. The summed E-state index contributed by atoms with van der Waals surface area (Å²) >= 11 is 14.3. The molecule has 0 aliphatic rings. The first-order valence-corrected chi connectivity index (χ1v) is 8.28. The van der Waals surface area contributed by atoms with E-state index >= 15 is 0 Å². The molecule has 1 heterocycles. The molecule has 0 bridgehead atoms. The van der Waals surface area contributed by atoms with E-state index in [-0.39, 0.29) is 17.2 Å². The van der Waals surface area contributed by atoms with E-state index in [9.17, 15) is 9.59 Å². The number of aromatic carboxylic acids is 1. The maximum absolute atomic E-state index is 11.9. The van der Waals surface area contributed by atoms with Crippen LogP contribution in [0.5, 0.6) is 0 Å². The Morgan fingerprint density at radius 1 is 1.29 bits per heavy atom. The molecule has 0 aliphatic carbocycles. The summed E-state index contributed by atoms with van der Waals surface area (Å²) in [6, 6.07) is 6.45. The zero-order chi connectivity index (χ0) is 15.4. The Morgan fingerprint density at radius 2 is 2.05 bits per heavy atom. The van der Waals surface area contributed by atoms with Crippen molar-refractivity contribution in [1.29, 1.82) is 0 Å². The number of anilines is 1. The molecule has 0 saturated carbocycles. The van der Waals surface area contributed by atoms with Gasteiger partial charge in [0.1, 0.15) is 5.00 Å². The van der Waals surface area contributed by atoms with Gasteiger partial charge in [0.25, 0.3) is 0 Å². The third kappa shape index (κ3) is 4.38. The van der Waals surface area contributed by atoms with Gasteiger partial charge in [-0.1, -0.05) is 23.2 Å². The third-order valence-electron chi connectivity index (χ3n) is 2.40. The molecule has 0 fully saturated rings. The molecule has 1 aromatic carbocycles. The number of carbonyl (C=O) groups is 2. The van der Waals surface area contributed by atoms with Crippen LogP contribution in [0.1, 0.15) is 10.4 Å². The van der Waals surface area contributed by atoms with Gasteiger partial charge in [0.2, 0.25) is 5.91 Å². The van der Waals surface area contributed by atoms with Crippen LogP contribution in [0.3, 0.4) is 0 Å². The third-order valence-corrected chi connectivity index (χ3v) is 4.96. The Hall–Kier alpha value is -1.21. The van der Waals surface area contributed by atoms with E-state index in [1.165, 1.54) is 17.8 Å². The number of rotatable bonds is 5. The topological polar surface area (TPSA) is 66.4 Å². The first-order valence-electron chi connectivity index (χ1n) is 5.66. The highest BCUT2D eigenvalue weighted by atomic mass is 35.5. The summed E-state index contributed by atoms with van der Waals surface area (Å²) in [5.74, 6) is -1.27. The molecule has 1 aromatic heterocycles. The maximum atomic E-state index is 11.9. The summed E-state index contributed by atoms with van der Waals surface area (Å²) in [5, 5.41) is 14.5. The van der Waals surface area contributed by atoms with Gasteiger partial charge >= 0.3 is 5.97 Å². The van der Waals surface area contributed by atoms with Gasteiger partial charge in [-0.25, -0.2) is 4.79 Å². The van der Waals surface area contributed by atoms with Crippen LogP contribution in [0.2, 0.25) is 10.0 Å². The number of hydrogen-bond acceptors (Lipinski definition) is 4. The van der Waals surface area contributed by atoms with Crippen LogP contribution in [0.15, 0.2) is 34.5 Å². The molecule has 21 heavy (non-hydrogen) atoms. The fourth-order valence-electron chi connectivity index (χ4n) is 1.47. The van der Waals surface area contributed by atoms with Crippen LogP contribution in [0.25, 0.3) is 0 Å². The molecule has 2 N–H and O–H groups in total. The average Bonchev–Trinajstić information content (AvgIpc) is 2.88. The molecule has 1 amide bonds. The lowest BCUT2D eigenvalue weighted by molar-refractivity contribution is -0.113. The van der Waals surface area contributed by atoms with Gasteiger partial charge in [0.15, 0.2) is 0 Å². The molecule has 8 heteroatoms. The number of amides is 1. The minimum absolute atomic E-state index is 0.0825. The van der Waals surface area contributed by atoms with Gasteiger partial charge < -0.3 is 10.4 Å². The molecule has 0 aliphatic heterocycles. The van der Waals surface area contributed by atoms with E-state index in [0.717, 1.165) is 11.3 Å². The van der Waals surface area contributed by atoms with Crippen molar-refractivity contribution in [3.63, 3.8) is 0 Å². The number of nitrogens with one attached hydrogen (secondary N) is 1. The Bertz CT molecular complexity index is 688. The molecule has 0 saturated heterocycles. The second kappa shape index (κ2) is 7.17. The smallest absolute Gasteiger partial charge is 0.338 e. The summed E-state index contributed by atoms with van der Waals surface area (Å²) in [7, 11) is 0. The van der Waals surface area contributed by atoms with Crippen LogP contribution < -0.4 is 5.32 Å². The van der Waals surface area contributed by atoms with Crippen molar-refractivity contribution in [3.8, 4) is 0 Å². The van der Waals surface area contributed by atoms with E-state index in [0.29, 0.717) is 19.9 Å². The highest BCUT2D eigenvalue weighted by Crippen LogP contribution is 2.30. The largest absolute Gasteiger partial charge is 0.478 e. The Balaban J connectivity index is 1.98. The SMILES string of the molecule is O=C(CSc1cc(Cl)ccc1Cl)Nc1sccc1C(=O)O. The monoisotopic (exact) mass is 361 g/mol. The number of hydrogen-bond donors (Lipinski definition) is 2. The lowest BCUT2D eigenvalue weighted by Gasteiger charge is -2.06. The average molecular weight is 362 g/mol. The predicted molar refractivity (Wildman–Crippen MR) is 87.1 cm³/mol. The van der Waals surface area contributed by atoms with Gasteiger partial charge in [-0.2, -0.15) is 0 Å². The maximum Gasteiger partial charge on any atom is 0.338 e. The zero-order valence-corrected chi connectivity index (χ0v) is 13.6. The zero-order valence-electron chi connectivity index (χ0n) is 10.4. The van der Waals surface area contributed by atoms with E-state index < -0.39 is 5.97 Å². The first-order chi connectivity index (χ1) is 9.97. The minimum atomic E-state index is -1.07. The summed E-state index contributed by atoms with van der Waals surface area (Å²) in [6.45, 7) is 0. The molecule has 0 unspecified atom stereocenters. The fourth-order valence-corrected chi connectivity index (χ4v) is 3.56. The van der Waals surface area contributed by atoms with E-state index in [4.69, 9.17) is 28.3 Å². The molecule has 0 radical (unpaired) electrons. The number of benzene rings is 1. The van der Waals surface area contributed by atoms with Gasteiger partial charge in [-0.3, -0.25) is 4.79 Å². The molecule has 0 atom stereocenters. The Kier molecular flexibility index (Phi) is 5.52. The number of carboxylic acids is 1. The van der Waals surface area contributed by atoms with Crippen LogP contribution in [-0.4, -0.2) is 22.7 Å². The highest BCUT2D eigenvalue weighted by molar-refractivity contribution is 8.00. The van der Waals surface area contributed by atoms with Crippen molar-refractivity contribution < 1.29 is 14.7 Å². The lowest BCUT2D eigenvalue weighted by Crippen LogP contribution is -2.15. The predicted octanol–water partition coefficient (Wildman–Crippen LogP) is 4.48. The minimum Gasteiger partial charge on any atom is -0.478 e. The summed E-state index contributed by atoms with van der Waals surface area (Å²) in [5.41, 5.74) is 0.0825. The standard InChI is InChI=1S/C13H9Cl2NO3S2/c14-7-1-2-9(15)10(5-7)21-6-11(17)16-12-8(13(18)19)3-4-20-12/h1-5H,6H2,(H,16,17)(H,18,19). The number of carboxylic acid groups (broad SMARTS) is 1. The summed E-state index contributed by atoms with van der Waals surface area (Å²) < 4.78 is 0. The van der Waals surface area contributed by atoms with Crippen molar-refractivity contribution in [2.75, 3.05) is 11.1 Å². The van der Waals surface area contributed by atoms with Gasteiger partial charge in [0.05, 0.1) is 16.3 Å². The van der Waals surface area contributed by atoms with Crippen molar-refractivity contribution in [2.45, 2.75) is 4.90 Å². The lowest BCUT2D eigenvalue weighted by atomic mass is 10.3. The van der Waals surface area contributed by atoms with Crippen molar-refractivity contribution in [1.82, 2.24) is 0 Å². The van der Waals surface area contributed by atoms with Gasteiger partial charge in [-0.05, 0) is 29.6 Å². The van der Waals surface area contributed by atoms with Gasteiger partial charge in [-0.15, -0.1) is 23.1 Å². The fraction of sp³-hybridized carbons (Fsp3) is 0.0769. The van der Waals surface area contributed by atoms with Crippen molar-refractivity contribution in [3.05, 3.63) is 45.3 Å². The summed E-state index contributed by atoms with van der Waals surface area (Å²) in [4.78, 5) is 23.5. The highest BCUT2D eigenvalue weighted by Gasteiger charge is 2.14. The van der Waals surface area contributed by atoms with Crippen LogP contribution in [-0.2, 0) is 4.79 Å². The molecular formula is C13H9Cl2NO3S2. The Morgan fingerprint density at radius 3 is 2.76 bits per heavy atom. The van der Waals surface area contributed by atoms with Gasteiger partial charge in [0, 0.05) is 9.92 Å². The normalized spacial score (nSPS) is 10.4. The molecule has 110 valence electrons. The Labute approximate surface area is 139 Å². The van der Waals surface area contributed by atoms with Crippen LogP contribution in [0.4, 0.5) is 5.00 Å². The molecule has 2 aromatic rings. The molecule has 4 nitrogen and oxygen atoms in total. The summed E-state index contributed by atoms with van der Waals surface area (Å²) in [6.07, 6.45) is 0. The number of thiophene rings is 1. The molecular weight excluding hydrogens is 353 g/mol. The number of carbonyl (C=O) groups excluding carboxylic acids is 1. The number of thioether (sulfide) groups is 1.